The molecule has 0 saturated carbocycles. The summed E-state index contributed by atoms with van der Waals surface area (Å²) in [6.45, 7) is 3.60. The molecule has 2 bridgehead atoms. The summed E-state index contributed by atoms with van der Waals surface area (Å²) in [5.74, 6) is 0.295. The molecular weight excluding hydrogens is 284 g/mol. The number of phenols is 1. The molecule has 110 valence electrons. The minimum atomic E-state index is -3.55. The maximum absolute atomic E-state index is 12.9. The highest BCUT2D eigenvalue weighted by Crippen LogP contribution is 2.41. The first-order valence-corrected chi connectivity index (χ1v) is 8.57. The Kier molecular flexibility index (Phi) is 3.29. The van der Waals surface area contributed by atoms with Gasteiger partial charge in [-0.25, -0.2) is 8.42 Å². The SMILES string of the molecule is Cc1c2c(O)c(c(C)c1S(=O)(=O)c1ccccc1)CCC2. The third kappa shape index (κ3) is 2.05. The van der Waals surface area contributed by atoms with Crippen LogP contribution in [0.1, 0.15) is 28.7 Å². The van der Waals surface area contributed by atoms with E-state index in [1.807, 2.05) is 0 Å². The zero-order valence-electron chi connectivity index (χ0n) is 12.2. The standard InChI is InChI=1S/C17H18O3S/c1-11-14-9-6-10-15(16(14)18)12(2)17(11)21(19,20)13-7-4-3-5-8-13/h3-5,7-8,18H,6,9-10H2,1-2H3. The van der Waals surface area contributed by atoms with Crippen molar-refractivity contribution in [2.24, 2.45) is 0 Å². The lowest BCUT2D eigenvalue weighted by Gasteiger charge is -2.24. The van der Waals surface area contributed by atoms with E-state index in [0.29, 0.717) is 26.7 Å². The van der Waals surface area contributed by atoms with E-state index < -0.39 is 9.84 Å². The van der Waals surface area contributed by atoms with Crippen molar-refractivity contribution in [1.82, 2.24) is 0 Å². The summed E-state index contributed by atoms with van der Waals surface area (Å²) in [5.41, 5.74) is 2.96. The Morgan fingerprint density at radius 3 is 2.00 bits per heavy atom. The van der Waals surface area contributed by atoms with E-state index in [9.17, 15) is 13.5 Å². The van der Waals surface area contributed by atoms with E-state index in [1.54, 1.807) is 44.2 Å². The highest BCUT2D eigenvalue weighted by molar-refractivity contribution is 7.91. The molecule has 0 unspecified atom stereocenters. The van der Waals surface area contributed by atoms with Gasteiger partial charge in [0.25, 0.3) is 0 Å². The van der Waals surface area contributed by atoms with Gasteiger partial charge in [-0.05, 0) is 67.5 Å². The van der Waals surface area contributed by atoms with Gasteiger partial charge in [0, 0.05) is 0 Å². The van der Waals surface area contributed by atoms with Crippen molar-refractivity contribution < 1.29 is 13.5 Å². The highest BCUT2D eigenvalue weighted by Gasteiger charge is 2.29. The van der Waals surface area contributed by atoms with Gasteiger partial charge in [-0.2, -0.15) is 0 Å². The fraction of sp³-hybridized carbons (Fsp3) is 0.294. The number of benzene rings is 2. The van der Waals surface area contributed by atoms with Crippen LogP contribution < -0.4 is 0 Å². The Morgan fingerprint density at radius 2 is 1.48 bits per heavy atom. The van der Waals surface area contributed by atoms with Crippen molar-refractivity contribution in [2.75, 3.05) is 0 Å². The smallest absolute Gasteiger partial charge is 0.207 e. The summed E-state index contributed by atoms with van der Waals surface area (Å²) in [4.78, 5) is 0.676. The average Bonchev–Trinajstić information content (AvgIpc) is 2.46. The van der Waals surface area contributed by atoms with E-state index in [2.05, 4.69) is 0 Å². The van der Waals surface area contributed by atoms with Crippen LogP contribution >= 0.6 is 0 Å². The first kappa shape index (κ1) is 14.1. The van der Waals surface area contributed by atoms with Gasteiger partial charge in [-0.3, -0.25) is 0 Å². The monoisotopic (exact) mass is 302 g/mol. The minimum Gasteiger partial charge on any atom is -0.507 e. The lowest BCUT2D eigenvalue weighted by Crippen LogP contribution is -2.14. The normalized spacial score (nSPS) is 14.2. The molecule has 4 heteroatoms. The molecule has 2 aromatic carbocycles. The van der Waals surface area contributed by atoms with Crippen molar-refractivity contribution in [3.05, 3.63) is 52.6 Å². The number of aromatic hydroxyl groups is 1. The molecule has 3 rings (SSSR count). The van der Waals surface area contributed by atoms with Crippen molar-refractivity contribution >= 4 is 9.84 Å². The van der Waals surface area contributed by atoms with Crippen LogP contribution in [0.5, 0.6) is 5.75 Å². The summed E-state index contributed by atoms with van der Waals surface area (Å²) in [7, 11) is -3.55. The number of phenolic OH excluding ortho intramolecular Hbond substituents is 1. The number of rotatable bonds is 2. The molecular formula is C17H18O3S. The Balaban J connectivity index is 2.33. The van der Waals surface area contributed by atoms with Crippen molar-refractivity contribution in [3.8, 4) is 5.75 Å². The Labute approximate surface area is 125 Å². The van der Waals surface area contributed by atoms with E-state index in [4.69, 9.17) is 0 Å². The molecule has 2 aromatic rings. The quantitative estimate of drug-likeness (QED) is 0.925. The third-order valence-electron chi connectivity index (χ3n) is 4.33. The Bertz CT molecular complexity index is 775. The van der Waals surface area contributed by atoms with E-state index in [1.165, 1.54) is 0 Å². The molecule has 3 nitrogen and oxygen atoms in total. The summed E-state index contributed by atoms with van der Waals surface area (Å²) in [6.07, 6.45) is 2.44. The Hall–Kier alpha value is -1.81. The molecule has 0 spiro atoms. The molecule has 1 N–H and O–H groups in total. The fourth-order valence-corrected chi connectivity index (χ4v) is 5.07. The van der Waals surface area contributed by atoms with Gasteiger partial charge in [0.1, 0.15) is 5.75 Å². The second-order valence-corrected chi connectivity index (χ2v) is 7.44. The van der Waals surface area contributed by atoms with Crippen molar-refractivity contribution in [1.29, 1.82) is 0 Å². The van der Waals surface area contributed by atoms with Gasteiger partial charge in [0.15, 0.2) is 0 Å². The lowest BCUT2D eigenvalue weighted by molar-refractivity contribution is 0.447. The van der Waals surface area contributed by atoms with Crippen LogP contribution in [0, 0.1) is 13.8 Å². The van der Waals surface area contributed by atoms with Gasteiger partial charge in [0.2, 0.25) is 9.84 Å². The summed E-state index contributed by atoms with van der Waals surface area (Å²) in [6, 6.07) is 8.49. The largest absolute Gasteiger partial charge is 0.507 e. The molecule has 0 radical (unpaired) electrons. The maximum atomic E-state index is 12.9. The first-order chi connectivity index (χ1) is 9.94. The van der Waals surface area contributed by atoms with E-state index >= 15 is 0 Å². The van der Waals surface area contributed by atoms with Crippen LogP contribution in [-0.4, -0.2) is 13.5 Å². The molecule has 0 heterocycles. The molecule has 21 heavy (non-hydrogen) atoms. The van der Waals surface area contributed by atoms with Crippen molar-refractivity contribution in [3.63, 3.8) is 0 Å². The van der Waals surface area contributed by atoms with E-state index in [-0.39, 0.29) is 0 Å². The fourth-order valence-electron chi connectivity index (χ4n) is 3.27. The average molecular weight is 302 g/mol. The number of fused-ring (bicyclic) bond motifs is 2. The summed E-state index contributed by atoms with van der Waals surface area (Å²) in [5, 5.41) is 10.3. The molecule has 0 fully saturated rings. The second-order valence-electron chi connectivity index (χ2n) is 5.55. The minimum absolute atomic E-state index is 0.295. The van der Waals surface area contributed by atoms with Gasteiger partial charge >= 0.3 is 0 Å². The molecule has 0 aromatic heterocycles. The van der Waals surface area contributed by atoms with Crippen LogP contribution in [0.25, 0.3) is 0 Å². The zero-order chi connectivity index (χ0) is 15.2. The number of sulfone groups is 1. The highest BCUT2D eigenvalue weighted by atomic mass is 32.2. The molecule has 0 atom stereocenters. The third-order valence-corrected chi connectivity index (χ3v) is 6.38. The number of hydrogen-bond acceptors (Lipinski definition) is 3. The first-order valence-electron chi connectivity index (χ1n) is 7.08. The van der Waals surface area contributed by atoms with Gasteiger partial charge in [-0.15, -0.1) is 0 Å². The molecule has 1 aliphatic rings. The van der Waals surface area contributed by atoms with Gasteiger partial charge in [-0.1, -0.05) is 18.2 Å². The summed E-state index contributed by atoms with van der Waals surface area (Å²) >= 11 is 0. The van der Waals surface area contributed by atoms with Crippen LogP contribution in [-0.2, 0) is 22.7 Å². The summed E-state index contributed by atoms with van der Waals surface area (Å²) < 4.78 is 25.9. The maximum Gasteiger partial charge on any atom is 0.207 e. The molecule has 0 aliphatic heterocycles. The molecule has 1 aliphatic carbocycles. The van der Waals surface area contributed by atoms with Crippen LogP contribution in [0.2, 0.25) is 0 Å². The zero-order valence-corrected chi connectivity index (χ0v) is 13.0. The van der Waals surface area contributed by atoms with E-state index in [0.717, 1.165) is 30.4 Å². The van der Waals surface area contributed by atoms with Crippen molar-refractivity contribution in [2.45, 2.75) is 42.9 Å². The number of hydrogen-bond donors (Lipinski definition) is 1. The molecule has 0 amide bonds. The van der Waals surface area contributed by atoms with Crippen LogP contribution in [0.15, 0.2) is 40.1 Å². The van der Waals surface area contributed by atoms with Gasteiger partial charge in [0.05, 0.1) is 9.79 Å². The second kappa shape index (κ2) is 4.88. The van der Waals surface area contributed by atoms with Gasteiger partial charge < -0.3 is 5.11 Å². The molecule has 0 saturated heterocycles. The Morgan fingerprint density at radius 1 is 0.952 bits per heavy atom. The predicted molar refractivity (Wildman–Crippen MR) is 81.5 cm³/mol. The lowest BCUT2D eigenvalue weighted by atomic mass is 9.87. The van der Waals surface area contributed by atoms with Crippen LogP contribution in [0.4, 0.5) is 0 Å². The topological polar surface area (TPSA) is 54.4 Å². The predicted octanol–water partition coefficient (Wildman–Crippen LogP) is 3.33. The van der Waals surface area contributed by atoms with Crippen LogP contribution in [0.3, 0.4) is 0 Å².